The lowest BCUT2D eigenvalue weighted by Crippen LogP contribution is -2.43. The molecule has 0 bridgehead atoms. The van der Waals surface area contributed by atoms with Gasteiger partial charge >= 0.3 is 5.97 Å². The van der Waals surface area contributed by atoms with Crippen molar-refractivity contribution in [1.82, 2.24) is 0 Å². The van der Waals surface area contributed by atoms with Crippen molar-refractivity contribution in [2.75, 3.05) is 6.61 Å². The molecule has 64 valence electrons. The highest BCUT2D eigenvalue weighted by atomic mass is 19.1. The Morgan fingerprint density at radius 2 is 2.27 bits per heavy atom. The Kier molecular flexibility index (Phi) is 2.16. The van der Waals surface area contributed by atoms with Crippen LogP contribution < -0.4 is 0 Å². The van der Waals surface area contributed by atoms with Crippen molar-refractivity contribution in [3.63, 3.8) is 0 Å². The third-order valence-electron chi connectivity index (χ3n) is 2.11. The highest BCUT2D eigenvalue weighted by Gasteiger charge is 2.47. The van der Waals surface area contributed by atoms with Crippen LogP contribution in [0.1, 0.15) is 26.7 Å². The highest BCUT2D eigenvalue weighted by Crippen LogP contribution is 2.43. The molecule has 11 heavy (non-hydrogen) atoms. The monoisotopic (exact) mass is 160 g/mol. The largest absolute Gasteiger partial charge is 0.466 e. The van der Waals surface area contributed by atoms with E-state index in [1.807, 2.05) is 0 Å². The number of esters is 1. The SMILES string of the molecule is CCOC(=O)C1(C)CC(F)C1. The summed E-state index contributed by atoms with van der Waals surface area (Å²) in [5, 5.41) is 0. The number of ether oxygens (including phenoxy) is 1. The normalized spacial score (nSPS) is 36.1. The van der Waals surface area contributed by atoms with E-state index in [0.29, 0.717) is 19.4 Å². The number of alkyl halides is 1. The fourth-order valence-corrected chi connectivity index (χ4v) is 1.39. The molecule has 0 amide bonds. The summed E-state index contributed by atoms with van der Waals surface area (Å²) in [6, 6.07) is 0. The number of carbonyl (C=O) groups is 1. The van der Waals surface area contributed by atoms with Gasteiger partial charge in [-0.05, 0) is 26.7 Å². The Labute approximate surface area is 65.7 Å². The van der Waals surface area contributed by atoms with Crippen molar-refractivity contribution in [3.05, 3.63) is 0 Å². The topological polar surface area (TPSA) is 26.3 Å². The van der Waals surface area contributed by atoms with E-state index in [9.17, 15) is 9.18 Å². The molecule has 0 unspecified atom stereocenters. The second-order valence-corrected chi connectivity index (χ2v) is 3.29. The Morgan fingerprint density at radius 1 is 1.73 bits per heavy atom. The Balaban J connectivity index is 2.41. The van der Waals surface area contributed by atoms with E-state index in [0.717, 1.165) is 0 Å². The second-order valence-electron chi connectivity index (χ2n) is 3.29. The summed E-state index contributed by atoms with van der Waals surface area (Å²) < 4.78 is 17.2. The maximum absolute atomic E-state index is 12.4. The van der Waals surface area contributed by atoms with Crippen LogP contribution in [0.15, 0.2) is 0 Å². The molecule has 0 saturated heterocycles. The molecular weight excluding hydrogens is 147 g/mol. The molecule has 1 fully saturated rings. The van der Waals surface area contributed by atoms with E-state index < -0.39 is 11.6 Å². The van der Waals surface area contributed by atoms with Crippen molar-refractivity contribution in [2.45, 2.75) is 32.9 Å². The van der Waals surface area contributed by atoms with Gasteiger partial charge in [0.15, 0.2) is 0 Å². The molecule has 2 nitrogen and oxygen atoms in total. The fraction of sp³-hybridized carbons (Fsp3) is 0.875. The van der Waals surface area contributed by atoms with Gasteiger partial charge in [0.05, 0.1) is 12.0 Å². The average molecular weight is 160 g/mol. The minimum Gasteiger partial charge on any atom is -0.466 e. The average Bonchev–Trinajstić information content (AvgIpc) is 1.85. The van der Waals surface area contributed by atoms with Crippen LogP contribution in [0, 0.1) is 5.41 Å². The summed E-state index contributed by atoms with van der Waals surface area (Å²) in [7, 11) is 0. The van der Waals surface area contributed by atoms with Gasteiger partial charge in [0.2, 0.25) is 0 Å². The quantitative estimate of drug-likeness (QED) is 0.574. The van der Waals surface area contributed by atoms with Crippen LogP contribution in [0.4, 0.5) is 4.39 Å². The zero-order valence-electron chi connectivity index (χ0n) is 6.89. The molecule has 0 N–H and O–H groups in total. The Morgan fingerprint density at radius 3 is 2.64 bits per heavy atom. The summed E-state index contributed by atoms with van der Waals surface area (Å²) in [4.78, 5) is 11.1. The summed E-state index contributed by atoms with van der Waals surface area (Å²) in [6.45, 7) is 3.89. The van der Waals surface area contributed by atoms with Crippen LogP contribution in [-0.2, 0) is 9.53 Å². The van der Waals surface area contributed by atoms with E-state index in [-0.39, 0.29) is 5.97 Å². The number of carbonyl (C=O) groups excluding carboxylic acids is 1. The van der Waals surface area contributed by atoms with E-state index in [1.54, 1.807) is 13.8 Å². The molecule has 0 atom stereocenters. The lowest BCUT2D eigenvalue weighted by atomic mass is 9.69. The third-order valence-corrected chi connectivity index (χ3v) is 2.11. The number of hydrogen-bond acceptors (Lipinski definition) is 2. The zero-order chi connectivity index (χ0) is 8.48. The molecule has 0 spiro atoms. The van der Waals surface area contributed by atoms with Gasteiger partial charge in [-0.3, -0.25) is 4.79 Å². The molecule has 1 saturated carbocycles. The van der Waals surface area contributed by atoms with Gasteiger partial charge in [0.1, 0.15) is 6.17 Å². The first kappa shape index (κ1) is 8.50. The van der Waals surface area contributed by atoms with E-state index in [2.05, 4.69) is 0 Å². The number of hydrogen-bond donors (Lipinski definition) is 0. The predicted molar refractivity (Wildman–Crippen MR) is 38.9 cm³/mol. The Hall–Kier alpha value is -0.600. The van der Waals surface area contributed by atoms with Crippen LogP contribution in [0.5, 0.6) is 0 Å². The summed E-state index contributed by atoms with van der Waals surface area (Å²) in [5.41, 5.74) is -0.532. The predicted octanol–water partition coefficient (Wildman–Crippen LogP) is 1.69. The smallest absolute Gasteiger partial charge is 0.311 e. The molecule has 0 aliphatic heterocycles. The summed E-state index contributed by atoms with van der Waals surface area (Å²) >= 11 is 0. The molecule has 1 rings (SSSR count). The van der Waals surface area contributed by atoms with Crippen molar-refractivity contribution < 1.29 is 13.9 Å². The Bertz CT molecular complexity index is 161. The summed E-state index contributed by atoms with van der Waals surface area (Å²) in [6.07, 6.45) is -0.151. The molecule has 0 aromatic rings. The van der Waals surface area contributed by atoms with E-state index in [1.165, 1.54) is 0 Å². The van der Waals surface area contributed by atoms with Crippen molar-refractivity contribution in [2.24, 2.45) is 5.41 Å². The van der Waals surface area contributed by atoms with Crippen LogP contribution in [0.2, 0.25) is 0 Å². The van der Waals surface area contributed by atoms with Crippen LogP contribution >= 0.6 is 0 Å². The maximum Gasteiger partial charge on any atom is 0.311 e. The minimum absolute atomic E-state index is 0.256. The van der Waals surface area contributed by atoms with Crippen LogP contribution in [0.3, 0.4) is 0 Å². The standard InChI is InChI=1S/C8H13FO2/c1-3-11-7(10)8(2)4-6(9)5-8/h6H,3-5H2,1-2H3. The second kappa shape index (κ2) is 2.80. The lowest BCUT2D eigenvalue weighted by Gasteiger charge is -2.38. The third kappa shape index (κ3) is 1.52. The van der Waals surface area contributed by atoms with Crippen molar-refractivity contribution >= 4 is 5.97 Å². The molecule has 0 radical (unpaired) electrons. The van der Waals surface area contributed by atoms with Crippen molar-refractivity contribution in [3.8, 4) is 0 Å². The van der Waals surface area contributed by atoms with Gasteiger partial charge in [-0.25, -0.2) is 4.39 Å². The first-order valence-electron chi connectivity index (χ1n) is 3.90. The fourth-order valence-electron chi connectivity index (χ4n) is 1.39. The highest BCUT2D eigenvalue weighted by molar-refractivity contribution is 5.77. The van der Waals surface area contributed by atoms with Crippen LogP contribution in [-0.4, -0.2) is 18.7 Å². The van der Waals surface area contributed by atoms with Gasteiger partial charge < -0.3 is 4.74 Å². The molecule has 3 heteroatoms. The maximum atomic E-state index is 12.4. The van der Waals surface area contributed by atoms with E-state index in [4.69, 9.17) is 4.74 Å². The molecule has 1 aliphatic rings. The molecule has 0 aromatic heterocycles. The zero-order valence-corrected chi connectivity index (χ0v) is 6.89. The molecule has 0 aromatic carbocycles. The molecule has 1 aliphatic carbocycles. The molecular formula is C8H13FO2. The lowest BCUT2D eigenvalue weighted by molar-refractivity contribution is -0.163. The first-order chi connectivity index (χ1) is 5.08. The van der Waals surface area contributed by atoms with E-state index >= 15 is 0 Å². The van der Waals surface area contributed by atoms with Crippen molar-refractivity contribution in [1.29, 1.82) is 0 Å². The van der Waals surface area contributed by atoms with Gasteiger partial charge in [0.25, 0.3) is 0 Å². The van der Waals surface area contributed by atoms with Gasteiger partial charge in [-0.1, -0.05) is 0 Å². The number of rotatable bonds is 2. The van der Waals surface area contributed by atoms with Gasteiger partial charge in [0, 0.05) is 0 Å². The van der Waals surface area contributed by atoms with Gasteiger partial charge in [-0.2, -0.15) is 0 Å². The summed E-state index contributed by atoms with van der Waals surface area (Å²) in [5.74, 6) is -0.256. The number of halogens is 1. The first-order valence-corrected chi connectivity index (χ1v) is 3.90. The minimum atomic E-state index is -0.801. The molecule has 0 heterocycles. The van der Waals surface area contributed by atoms with Gasteiger partial charge in [-0.15, -0.1) is 0 Å². The van der Waals surface area contributed by atoms with Crippen LogP contribution in [0.25, 0.3) is 0 Å².